The summed E-state index contributed by atoms with van der Waals surface area (Å²) in [6, 6.07) is 5.26. The van der Waals surface area contributed by atoms with Crippen LogP contribution in [0.25, 0.3) is 10.9 Å². The van der Waals surface area contributed by atoms with Crippen LogP contribution >= 0.6 is 23.2 Å². The number of aryl methyl sites for hydroxylation is 1. The molecule has 1 aliphatic rings. The third-order valence-electron chi connectivity index (χ3n) is 4.92. The van der Waals surface area contributed by atoms with Gasteiger partial charge in [-0.2, -0.15) is 0 Å². The topological polar surface area (TPSA) is 59.0 Å². The Morgan fingerprint density at radius 2 is 2.14 bits per heavy atom. The van der Waals surface area contributed by atoms with Crippen molar-refractivity contribution in [1.29, 1.82) is 0 Å². The van der Waals surface area contributed by atoms with Crippen LogP contribution < -0.4 is 16.2 Å². The van der Waals surface area contributed by atoms with Crippen molar-refractivity contribution in [2.45, 2.75) is 12.0 Å². The summed E-state index contributed by atoms with van der Waals surface area (Å²) in [5, 5.41) is 5.75. The molecule has 2 N–H and O–H groups in total. The second kappa shape index (κ2) is 6.99. The van der Waals surface area contributed by atoms with Gasteiger partial charge in [0.2, 0.25) is 0 Å². The highest BCUT2D eigenvalue weighted by Crippen LogP contribution is 2.41. The van der Waals surface area contributed by atoms with Gasteiger partial charge in [0, 0.05) is 23.2 Å². The average molecular weight is 428 g/mol. The second-order valence-corrected chi connectivity index (χ2v) is 7.38. The van der Waals surface area contributed by atoms with Gasteiger partial charge in [-0.05, 0) is 37.2 Å². The molecule has 4 rings (SSSR count). The molecule has 2 heterocycles. The van der Waals surface area contributed by atoms with E-state index in [0.717, 1.165) is 6.33 Å². The fraction of sp³-hybridized carbons (Fsp3) is 0.263. The first kappa shape index (κ1) is 15.7. The van der Waals surface area contributed by atoms with Crippen LogP contribution in [-0.4, -0.2) is 22.6 Å². The van der Waals surface area contributed by atoms with E-state index in [1.54, 1.807) is 0 Å². The molecule has 0 bridgehead atoms. The molecule has 2 aromatic carbocycles. The van der Waals surface area contributed by atoms with Gasteiger partial charge in [0.25, 0.3) is 5.56 Å². The third-order valence-corrected chi connectivity index (χ3v) is 5.72. The van der Waals surface area contributed by atoms with Gasteiger partial charge in [-0.15, -0.1) is 0 Å². The van der Waals surface area contributed by atoms with Gasteiger partial charge in [0.15, 0.2) is 5.82 Å². The predicted octanol–water partition coefficient (Wildman–Crippen LogP) is 3.82. The number of aromatic nitrogens is 2. The van der Waals surface area contributed by atoms with Crippen LogP contribution in [0.5, 0.6) is 0 Å². The average Bonchev–Trinajstić information content (AvgIpc) is 3.15. The van der Waals surface area contributed by atoms with Gasteiger partial charge in [-0.1, -0.05) is 23.2 Å². The molecular weight excluding hydrogens is 409 g/mol. The van der Waals surface area contributed by atoms with Crippen molar-refractivity contribution >= 4 is 39.8 Å². The number of fused-ring (bicyclic) bond motifs is 1. The maximum atomic E-state index is 15.4. The van der Waals surface area contributed by atoms with Crippen molar-refractivity contribution in [1.82, 2.24) is 14.9 Å². The number of hydrogen-bond donors (Lipinski definition) is 2. The van der Waals surface area contributed by atoms with Crippen LogP contribution in [0.1, 0.15) is 16.1 Å². The van der Waals surface area contributed by atoms with Crippen molar-refractivity contribution in [3.05, 3.63) is 68.2 Å². The van der Waals surface area contributed by atoms with Crippen molar-refractivity contribution in [2.24, 2.45) is 6.98 Å². The minimum Gasteiger partial charge on any atom is -0.372 e. The third kappa shape index (κ3) is 2.94. The highest BCUT2D eigenvalue weighted by molar-refractivity contribution is 6.42. The van der Waals surface area contributed by atoms with Crippen molar-refractivity contribution in [3.8, 4) is 0 Å². The molecule has 0 amide bonds. The van der Waals surface area contributed by atoms with Crippen LogP contribution in [0.2, 0.25) is 10.0 Å². The molecule has 1 unspecified atom stereocenters. The lowest BCUT2D eigenvalue weighted by molar-refractivity contribution is 0.491. The standard InChI is InChI=1S/C19H16Cl2F2N4O/c1-27-9-25-12-4-5-13(17(23)14(12)18(27)28)26-19(6-7-24-8-19)15-11(22)3-2-10(20)16(15)21/h2-5,9,24,26H,6-8H2,1H3/i1D3. The highest BCUT2D eigenvalue weighted by atomic mass is 35.5. The molecule has 1 aromatic heterocycles. The number of hydrogen-bond acceptors (Lipinski definition) is 4. The molecule has 0 radical (unpaired) electrons. The summed E-state index contributed by atoms with van der Waals surface area (Å²) in [5.74, 6) is -1.60. The summed E-state index contributed by atoms with van der Waals surface area (Å²) in [6.07, 6.45) is 1.21. The van der Waals surface area contributed by atoms with Crippen LogP contribution in [0.15, 0.2) is 35.4 Å². The number of benzene rings is 2. The Kier molecular flexibility index (Phi) is 3.91. The fourth-order valence-electron chi connectivity index (χ4n) is 3.56. The summed E-state index contributed by atoms with van der Waals surface area (Å²) in [4.78, 5) is 16.6. The zero-order valence-corrected chi connectivity index (χ0v) is 15.8. The van der Waals surface area contributed by atoms with Gasteiger partial charge in [-0.25, -0.2) is 13.8 Å². The molecule has 9 heteroatoms. The lowest BCUT2D eigenvalue weighted by Crippen LogP contribution is -2.39. The largest absolute Gasteiger partial charge is 0.372 e. The molecule has 1 fully saturated rings. The first-order valence-electron chi connectivity index (χ1n) is 9.88. The van der Waals surface area contributed by atoms with Gasteiger partial charge in [-0.3, -0.25) is 4.79 Å². The number of anilines is 1. The summed E-state index contributed by atoms with van der Waals surface area (Å²) < 4.78 is 53.0. The van der Waals surface area contributed by atoms with Crippen LogP contribution in [-0.2, 0) is 12.5 Å². The van der Waals surface area contributed by atoms with Gasteiger partial charge in [0.1, 0.15) is 11.2 Å². The van der Waals surface area contributed by atoms with E-state index in [0.29, 0.717) is 17.5 Å². The Labute approximate surface area is 173 Å². The normalized spacial score (nSPS) is 21.4. The van der Waals surface area contributed by atoms with Crippen LogP contribution in [0, 0.1) is 11.6 Å². The summed E-state index contributed by atoms with van der Waals surface area (Å²) >= 11 is 12.4. The van der Waals surface area contributed by atoms with Crippen molar-refractivity contribution in [2.75, 3.05) is 18.4 Å². The highest BCUT2D eigenvalue weighted by Gasteiger charge is 2.40. The summed E-state index contributed by atoms with van der Waals surface area (Å²) in [5.41, 5.74) is -2.23. The van der Waals surface area contributed by atoms with Gasteiger partial charge in [0.05, 0.1) is 33.1 Å². The molecule has 0 aliphatic carbocycles. The Bertz CT molecular complexity index is 1240. The molecular formula is C19H16Cl2F2N4O. The molecule has 0 spiro atoms. The molecule has 0 saturated carbocycles. The van der Waals surface area contributed by atoms with E-state index >= 15 is 4.39 Å². The maximum Gasteiger partial charge on any atom is 0.263 e. The first-order chi connectivity index (χ1) is 14.5. The second-order valence-electron chi connectivity index (χ2n) is 6.59. The number of rotatable bonds is 3. The minimum atomic E-state index is -2.82. The van der Waals surface area contributed by atoms with Gasteiger partial charge < -0.3 is 15.2 Å². The minimum absolute atomic E-state index is 0.000819. The molecule has 1 aliphatic heterocycles. The zero-order chi connectivity index (χ0) is 22.6. The van der Waals surface area contributed by atoms with E-state index in [4.69, 9.17) is 27.3 Å². The monoisotopic (exact) mass is 427 g/mol. The Hall–Kier alpha value is -2.22. The lowest BCUT2D eigenvalue weighted by Gasteiger charge is -2.33. The predicted molar refractivity (Wildman–Crippen MR) is 106 cm³/mol. The van der Waals surface area contributed by atoms with E-state index < -0.39 is 35.1 Å². The Morgan fingerprint density at radius 1 is 1.32 bits per heavy atom. The molecule has 28 heavy (non-hydrogen) atoms. The summed E-state index contributed by atoms with van der Waals surface area (Å²) in [7, 11) is 0. The number of halogens is 4. The maximum absolute atomic E-state index is 15.4. The van der Waals surface area contributed by atoms with Crippen molar-refractivity contribution < 1.29 is 12.9 Å². The first-order valence-corrected chi connectivity index (χ1v) is 9.14. The van der Waals surface area contributed by atoms with Gasteiger partial charge >= 0.3 is 0 Å². The van der Waals surface area contributed by atoms with E-state index in [1.165, 1.54) is 24.3 Å². The van der Waals surface area contributed by atoms with E-state index in [2.05, 4.69) is 15.6 Å². The van der Waals surface area contributed by atoms with Crippen LogP contribution in [0.4, 0.5) is 14.5 Å². The lowest BCUT2D eigenvalue weighted by atomic mass is 9.87. The zero-order valence-electron chi connectivity index (χ0n) is 17.3. The molecule has 1 saturated heterocycles. The Balaban J connectivity index is 1.89. The SMILES string of the molecule is [2H]C([2H])([2H])n1cnc2ccc(NC3(c4c(F)ccc(Cl)c4Cl)CCNC3)c(F)c2c1=O. The van der Waals surface area contributed by atoms with Crippen molar-refractivity contribution in [3.63, 3.8) is 0 Å². The molecule has 3 aromatic rings. The fourth-order valence-corrected chi connectivity index (χ4v) is 4.06. The number of nitrogens with one attached hydrogen (secondary N) is 2. The molecule has 5 nitrogen and oxygen atoms in total. The van der Waals surface area contributed by atoms with E-state index in [9.17, 15) is 9.18 Å². The van der Waals surface area contributed by atoms with E-state index in [-0.39, 0.29) is 33.4 Å². The molecule has 1 atom stereocenters. The molecule has 146 valence electrons. The van der Waals surface area contributed by atoms with Crippen LogP contribution in [0.3, 0.4) is 0 Å². The smallest absolute Gasteiger partial charge is 0.263 e. The number of nitrogens with zero attached hydrogens (tertiary/aromatic N) is 2. The van der Waals surface area contributed by atoms with E-state index in [1.807, 2.05) is 0 Å². The summed E-state index contributed by atoms with van der Waals surface area (Å²) in [6.45, 7) is -2.10. The Morgan fingerprint density at radius 3 is 2.86 bits per heavy atom. The quantitative estimate of drug-likeness (QED) is 0.623.